The molecule has 3 aromatic heterocycles. The monoisotopic (exact) mass is 999 g/mol. The second kappa shape index (κ2) is 18.3. The molecule has 0 fully saturated rings. The summed E-state index contributed by atoms with van der Waals surface area (Å²) in [7, 11) is 0. The molecule has 0 amide bonds. The van der Waals surface area contributed by atoms with Crippen LogP contribution in [0.25, 0.3) is 103 Å². The number of nitrogens with zero attached hydrogens (tertiary/aromatic N) is 3. The van der Waals surface area contributed by atoms with Crippen molar-refractivity contribution in [2.75, 3.05) is 9.80 Å². The quantitative estimate of drug-likeness (QED) is 0.135. The van der Waals surface area contributed by atoms with Gasteiger partial charge in [-0.15, -0.1) is 11.3 Å². The van der Waals surface area contributed by atoms with Crippen LogP contribution >= 0.6 is 11.3 Å². The Labute approximate surface area is 451 Å². The maximum atomic E-state index is 2.62. The third-order valence-electron chi connectivity index (χ3n) is 15.5. The van der Waals surface area contributed by atoms with Crippen LogP contribution in [0.5, 0.6) is 0 Å². The Morgan fingerprint density at radius 3 is 1.34 bits per heavy atom. The molecule has 0 aliphatic carbocycles. The number of aromatic nitrogens is 1. The van der Waals surface area contributed by atoms with E-state index in [-0.39, 0.29) is 0 Å². The molecule has 15 aromatic rings. The van der Waals surface area contributed by atoms with Gasteiger partial charge in [-0.25, -0.2) is 0 Å². The summed E-state index contributed by atoms with van der Waals surface area (Å²) in [6.45, 7) is 2.22. The Morgan fingerprint density at radius 1 is 0.299 bits per heavy atom. The molecule has 4 heteroatoms. The SMILES string of the molecule is Cc1ccc2sc3c(c2c1)c1c(N(c2ccc(-c4ccccc4)cc2)c2cccc(-c4ccccc4)c2)ccc2c4ccc5ccc(N(c6ccc(-c7ccccc7)cc6)c6cccc(-c7ccccc7)c6)cc5c4n3c21. The number of hydrogen-bond acceptors (Lipinski definition) is 3. The second-order valence-electron chi connectivity index (χ2n) is 20.2. The van der Waals surface area contributed by atoms with Crippen LogP contribution in [0.2, 0.25) is 0 Å². The largest absolute Gasteiger partial charge is 0.310 e. The van der Waals surface area contributed by atoms with Gasteiger partial charge in [-0.3, -0.25) is 4.40 Å². The fraction of sp³-hybridized carbons (Fsp3) is 0.0137. The summed E-state index contributed by atoms with van der Waals surface area (Å²) in [5.41, 5.74) is 19.8. The Hall–Kier alpha value is -9.74. The van der Waals surface area contributed by atoms with E-state index in [1.807, 2.05) is 11.3 Å². The van der Waals surface area contributed by atoms with Crippen LogP contribution in [-0.4, -0.2) is 4.40 Å². The number of thiophene rings is 1. The number of fused-ring (bicyclic) bond motifs is 10. The van der Waals surface area contributed by atoms with Gasteiger partial charge in [0.25, 0.3) is 0 Å². The van der Waals surface area contributed by atoms with Gasteiger partial charge in [0, 0.05) is 65.5 Å². The molecule has 0 aliphatic heterocycles. The minimum Gasteiger partial charge on any atom is -0.310 e. The zero-order valence-electron chi connectivity index (χ0n) is 42.3. The summed E-state index contributed by atoms with van der Waals surface area (Å²) in [6.07, 6.45) is 0. The minimum atomic E-state index is 1.09. The minimum absolute atomic E-state index is 1.09. The van der Waals surface area contributed by atoms with E-state index in [2.05, 4.69) is 300 Å². The van der Waals surface area contributed by atoms with E-state index < -0.39 is 0 Å². The van der Waals surface area contributed by atoms with Crippen molar-refractivity contribution in [1.82, 2.24) is 4.40 Å². The lowest BCUT2D eigenvalue weighted by atomic mass is 10.00. The average Bonchev–Trinajstić information content (AvgIpc) is 4.35. The molecule has 0 unspecified atom stereocenters. The molecule has 0 radical (unpaired) electrons. The van der Waals surface area contributed by atoms with Crippen molar-refractivity contribution in [3.63, 3.8) is 0 Å². The zero-order chi connectivity index (χ0) is 51.0. The molecule has 3 nitrogen and oxygen atoms in total. The van der Waals surface area contributed by atoms with E-state index in [1.54, 1.807) is 0 Å². The first-order valence-electron chi connectivity index (χ1n) is 26.4. The summed E-state index contributed by atoms with van der Waals surface area (Å²) >= 11 is 1.90. The van der Waals surface area contributed by atoms with E-state index in [1.165, 1.54) is 108 Å². The van der Waals surface area contributed by atoms with Gasteiger partial charge in [-0.2, -0.15) is 0 Å². The highest BCUT2D eigenvalue weighted by atomic mass is 32.1. The third-order valence-corrected chi connectivity index (χ3v) is 16.7. The van der Waals surface area contributed by atoms with Crippen LogP contribution in [0.15, 0.2) is 279 Å². The van der Waals surface area contributed by atoms with Crippen molar-refractivity contribution in [3.05, 3.63) is 285 Å². The lowest BCUT2D eigenvalue weighted by Crippen LogP contribution is -2.10. The number of rotatable bonds is 10. The van der Waals surface area contributed by atoms with Crippen molar-refractivity contribution in [1.29, 1.82) is 0 Å². The number of hydrogen-bond donors (Lipinski definition) is 0. The smallest absolute Gasteiger partial charge is 0.109 e. The van der Waals surface area contributed by atoms with E-state index >= 15 is 0 Å². The molecule has 0 bridgehead atoms. The summed E-state index contributed by atoms with van der Waals surface area (Å²) in [5, 5.41) is 8.73. The Balaban J connectivity index is 0.986. The maximum absolute atomic E-state index is 2.62. The van der Waals surface area contributed by atoms with Gasteiger partial charge in [0.05, 0.1) is 16.7 Å². The zero-order valence-corrected chi connectivity index (χ0v) is 43.1. The summed E-state index contributed by atoms with van der Waals surface area (Å²) in [4.78, 5) is 6.17. The molecule has 15 rings (SSSR count). The molecular weight excluding hydrogens is 951 g/mol. The Kier molecular flexibility index (Phi) is 10.6. The Bertz CT molecular complexity index is 4660. The molecule has 362 valence electrons. The molecular formula is C73H49N3S. The highest BCUT2D eigenvalue weighted by Crippen LogP contribution is 2.53. The molecule has 3 heterocycles. The van der Waals surface area contributed by atoms with Gasteiger partial charge >= 0.3 is 0 Å². The number of aryl methyl sites for hydroxylation is 1. The topological polar surface area (TPSA) is 10.9 Å². The molecule has 0 saturated heterocycles. The first-order valence-corrected chi connectivity index (χ1v) is 27.2. The van der Waals surface area contributed by atoms with Gasteiger partial charge in [0.2, 0.25) is 0 Å². The molecule has 0 N–H and O–H groups in total. The van der Waals surface area contributed by atoms with Crippen LogP contribution in [0, 0.1) is 6.92 Å². The van der Waals surface area contributed by atoms with E-state index in [9.17, 15) is 0 Å². The predicted molar refractivity (Wildman–Crippen MR) is 330 cm³/mol. The van der Waals surface area contributed by atoms with Crippen LogP contribution in [-0.2, 0) is 0 Å². The maximum Gasteiger partial charge on any atom is 0.109 e. The molecule has 12 aromatic carbocycles. The van der Waals surface area contributed by atoms with Gasteiger partial charge in [-0.05, 0) is 136 Å². The van der Waals surface area contributed by atoms with Crippen LogP contribution in [0.3, 0.4) is 0 Å². The average molecular weight is 1000 g/mol. The van der Waals surface area contributed by atoms with Gasteiger partial charge in [0.1, 0.15) is 4.83 Å². The fourth-order valence-electron chi connectivity index (χ4n) is 11.9. The van der Waals surface area contributed by atoms with E-state index in [0.29, 0.717) is 0 Å². The molecule has 0 atom stereocenters. The standard InChI is InChI=1S/C73H49N3S/c1-48-28-43-68-66(44-48)69-70-67(75(59-37-31-54(32-38-59)50-18-8-3-9-19-50)61-27-15-25-57(46-61)52-22-12-5-13-23-52)42-41-64-63-40-34-55-33-39-62(47-65(55)71(63)76(72(64)70)73(69)77-68)74(58-35-29-53(30-36-58)49-16-6-2-7-17-49)60-26-14-24-56(45-60)51-20-10-4-11-21-51/h2-47H,1H3. The lowest BCUT2D eigenvalue weighted by Gasteiger charge is -2.27. The van der Waals surface area contributed by atoms with Crippen molar-refractivity contribution in [3.8, 4) is 44.5 Å². The highest BCUT2D eigenvalue weighted by Gasteiger charge is 2.28. The fourth-order valence-corrected chi connectivity index (χ4v) is 13.1. The second-order valence-corrected chi connectivity index (χ2v) is 21.2. The normalized spacial score (nSPS) is 11.7. The predicted octanol–water partition coefficient (Wildman–Crippen LogP) is 21.1. The lowest BCUT2D eigenvalue weighted by molar-refractivity contribution is 1.29. The van der Waals surface area contributed by atoms with E-state index in [0.717, 1.165) is 34.1 Å². The van der Waals surface area contributed by atoms with Crippen molar-refractivity contribution in [2.24, 2.45) is 0 Å². The van der Waals surface area contributed by atoms with Crippen molar-refractivity contribution < 1.29 is 0 Å². The molecule has 0 spiro atoms. The van der Waals surface area contributed by atoms with E-state index in [4.69, 9.17) is 0 Å². The third kappa shape index (κ3) is 7.56. The number of benzene rings is 12. The summed E-state index contributed by atoms with van der Waals surface area (Å²) in [6, 6.07) is 102. The molecule has 77 heavy (non-hydrogen) atoms. The van der Waals surface area contributed by atoms with Crippen LogP contribution < -0.4 is 9.80 Å². The highest BCUT2D eigenvalue weighted by molar-refractivity contribution is 7.25. The molecule has 0 saturated carbocycles. The molecule has 0 aliphatic rings. The van der Waals surface area contributed by atoms with Gasteiger partial charge < -0.3 is 9.80 Å². The van der Waals surface area contributed by atoms with Crippen LogP contribution in [0.4, 0.5) is 34.1 Å². The van der Waals surface area contributed by atoms with Gasteiger partial charge in [0.15, 0.2) is 0 Å². The number of anilines is 6. The van der Waals surface area contributed by atoms with Crippen LogP contribution in [0.1, 0.15) is 5.56 Å². The van der Waals surface area contributed by atoms with Crippen molar-refractivity contribution >= 4 is 104 Å². The first kappa shape index (κ1) is 44.7. The summed E-state index contributed by atoms with van der Waals surface area (Å²) in [5.74, 6) is 0. The summed E-state index contributed by atoms with van der Waals surface area (Å²) < 4.78 is 3.90. The Morgan fingerprint density at radius 2 is 0.753 bits per heavy atom. The first-order chi connectivity index (χ1) is 38.1. The van der Waals surface area contributed by atoms with Crippen molar-refractivity contribution in [2.45, 2.75) is 6.92 Å². The van der Waals surface area contributed by atoms with Gasteiger partial charge in [-0.1, -0.05) is 206 Å².